The van der Waals surface area contributed by atoms with E-state index in [1.165, 1.54) is 0 Å². The molecule has 8 nitrogen and oxygen atoms in total. The van der Waals surface area contributed by atoms with Crippen LogP contribution in [0, 0.1) is 6.92 Å². The summed E-state index contributed by atoms with van der Waals surface area (Å²) >= 11 is 0. The molecule has 2 aromatic carbocycles. The Morgan fingerprint density at radius 1 is 1.26 bits per heavy atom. The molecule has 2 aromatic rings. The van der Waals surface area contributed by atoms with Gasteiger partial charge in [-0.3, -0.25) is 18.7 Å². The van der Waals surface area contributed by atoms with Crippen molar-refractivity contribution in [3.63, 3.8) is 0 Å². The maximum atomic E-state index is 12.3. The zero-order valence-corrected chi connectivity index (χ0v) is 21.6. The Morgan fingerprint density at radius 3 is 2.71 bits per heavy atom. The van der Waals surface area contributed by atoms with Gasteiger partial charge in [-0.25, -0.2) is 0 Å². The van der Waals surface area contributed by atoms with Crippen LogP contribution in [0.15, 0.2) is 47.4 Å². The van der Waals surface area contributed by atoms with Crippen molar-refractivity contribution in [3.05, 3.63) is 59.2 Å². The van der Waals surface area contributed by atoms with Gasteiger partial charge in [-0.1, -0.05) is 30.3 Å². The van der Waals surface area contributed by atoms with Crippen LogP contribution in [-0.2, 0) is 20.9 Å². The number of benzene rings is 2. The number of ether oxygens (including phenoxy) is 2. The molecule has 2 unspecified atom stereocenters. The van der Waals surface area contributed by atoms with Crippen LogP contribution in [-0.4, -0.2) is 51.6 Å². The summed E-state index contributed by atoms with van der Waals surface area (Å²) in [6.07, 6.45) is 0.725. The fraction of sp³-hybridized carbons (Fsp3) is 0.462. The van der Waals surface area contributed by atoms with E-state index >= 15 is 0 Å². The second-order valence-corrected chi connectivity index (χ2v) is 10.8. The zero-order valence-electron chi connectivity index (χ0n) is 20.8. The summed E-state index contributed by atoms with van der Waals surface area (Å²) in [5, 5.41) is 2.63. The number of hydrogen-bond acceptors (Lipinski definition) is 7. The molecule has 0 spiro atoms. The summed E-state index contributed by atoms with van der Waals surface area (Å²) in [7, 11) is -1.68. The van der Waals surface area contributed by atoms with Crippen LogP contribution < -0.4 is 10.1 Å². The first-order chi connectivity index (χ1) is 16.6. The minimum absolute atomic E-state index is 0.0858. The molecule has 0 saturated heterocycles. The fourth-order valence-corrected chi connectivity index (χ4v) is 5.92. The number of carbonyl (C=O) groups is 2. The third kappa shape index (κ3) is 6.76. The lowest BCUT2D eigenvalue weighted by Crippen LogP contribution is -2.33. The van der Waals surface area contributed by atoms with Crippen LogP contribution in [0.2, 0.25) is 0 Å². The normalized spacial score (nSPS) is 19.0. The number of carbonyl (C=O) groups excluding carboxylic acids is 2. The topological polar surface area (TPSA) is 108 Å². The van der Waals surface area contributed by atoms with Crippen molar-refractivity contribution < 1.29 is 28.2 Å². The summed E-state index contributed by atoms with van der Waals surface area (Å²) in [6.45, 7) is 6.58. The van der Waals surface area contributed by atoms with Gasteiger partial charge < -0.3 is 14.8 Å². The summed E-state index contributed by atoms with van der Waals surface area (Å²) in [5.41, 5.74) is 2.83. The molecule has 192 valence electrons. The molecule has 0 saturated carbocycles. The lowest BCUT2D eigenvalue weighted by Gasteiger charge is -2.42. The van der Waals surface area contributed by atoms with Crippen LogP contribution in [0.1, 0.15) is 55.7 Å². The van der Waals surface area contributed by atoms with Gasteiger partial charge in [0.15, 0.2) is 0 Å². The Labute approximate surface area is 209 Å². The van der Waals surface area contributed by atoms with Gasteiger partial charge in [-0.15, -0.1) is 10.8 Å². The van der Waals surface area contributed by atoms with Gasteiger partial charge >= 0.3 is 5.97 Å². The van der Waals surface area contributed by atoms with Crippen LogP contribution in [0.4, 0.5) is 0 Å². The van der Waals surface area contributed by atoms with E-state index in [0.29, 0.717) is 43.2 Å². The van der Waals surface area contributed by atoms with Crippen molar-refractivity contribution in [2.45, 2.75) is 63.5 Å². The Bertz CT molecular complexity index is 1040. The van der Waals surface area contributed by atoms with Gasteiger partial charge in [0.1, 0.15) is 16.7 Å². The van der Waals surface area contributed by atoms with E-state index in [-0.39, 0.29) is 30.3 Å². The molecule has 0 fully saturated rings. The van der Waals surface area contributed by atoms with Gasteiger partial charge in [0.05, 0.1) is 19.6 Å². The molecule has 0 radical (unpaired) electrons. The van der Waals surface area contributed by atoms with Crippen LogP contribution in [0.5, 0.6) is 5.75 Å². The molecular weight excluding hydrogens is 468 g/mol. The molecule has 0 aromatic heterocycles. The van der Waals surface area contributed by atoms with Gasteiger partial charge in [-0.05, 0) is 61.9 Å². The van der Waals surface area contributed by atoms with E-state index in [1.54, 1.807) is 36.5 Å². The summed E-state index contributed by atoms with van der Waals surface area (Å²) in [6, 6.07) is 13.0. The maximum absolute atomic E-state index is 12.3. The number of nitrogens with zero attached hydrogens (tertiary/aromatic N) is 1. The number of aryl methyl sites for hydroxylation is 1. The molecule has 1 aliphatic rings. The number of para-hydroxylation sites is 1. The monoisotopic (exact) mass is 504 g/mol. The summed E-state index contributed by atoms with van der Waals surface area (Å²) in [5.74, 6) is -0.104. The third-order valence-electron chi connectivity index (χ3n) is 6.20. The second-order valence-electron chi connectivity index (χ2n) is 8.82. The van der Waals surface area contributed by atoms with Gasteiger partial charge in [0, 0.05) is 20.0 Å². The van der Waals surface area contributed by atoms with E-state index in [4.69, 9.17) is 9.47 Å². The maximum Gasteiger partial charge on any atom is 0.306 e. The van der Waals surface area contributed by atoms with E-state index < -0.39 is 10.8 Å². The standard InChI is InChI=1S/C26H36N2O6S/c1-5-33-26(30)15-21(12-13-25(29)27-4)20-11-10-18(2)22(14-20)17-28-16-19(3)34-23-8-6-7-9-24(23)35(28,31)32/h6-11,14,19,21,31-32H,5,12-13,15-17H2,1-4H3,(H,27,29). The average molecular weight is 505 g/mol. The Morgan fingerprint density at radius 2 is 2.00 bits per heavy atom. The highest BCUT2D eigenvalue weighted by Gasteiger charge is 2.34. The van der Waals surface area contributed by atoms with Gasteiger partial charge in [-0.2, -0.15) is 4.31 Å². The highest BCUT2D eigenvalue weighted by molar-refractivity contribution is 8.22. The number of hydrogen-bond donors (Lipinski definition) is 3. The van der Waals surface area contributed by atoms with Crippen LogP contribution in [0.3, 0.4) is 0 Å². The zero-order chi connectivity index (χ0) is 25.6. The first-order valence-corrected chi connectivity index (χ1v) is 13.4. The van der Waals surface area contributed by atoms with Gasteiger partial charge in [0.25, 0.3) is 0 Å². The molecule has 3 rings (SSSR count). The fourth-order valence-electron chi connectivity index (χ4n) is 4.26. The highest BCUT2D eigenvalue weighted by atomic mass is 32.3. The lowest BCUT2D eigenvalue weighted by molar-refractivity contribution is -0.143. The van der Waals surface area contributed by atoms with Crippen molar-refractivity contribution in [3.8, 4) is 5.75 Å². The molecule has 0 bridgehead atoms. The second kappa shape index (κ2) is 11.9. The minimum atomic E-state index is -3.27. The quantitative estimate of drug-likeness (QED) is 0.418. The molecule has 1 amide bonds. The van der Waals surface area contributed by atoms with Crippen molar-refractivity contribution in [2.24, 2.45) is 0 Å². The number of amides is 1. The molecule has 0 aliphatic carbocycles. The molecule has 2 atom stereocenters. The largest absolute Gasteiger partial charge is 0.487 e. The van der Waals surface area contributed by atoms with E-state index in [9.17, 15) is 18.7 Å². The van der Waals surface area contributed by atoms with E-state index in [1.807, 2.05) is 38.1 Å². The number of rotatable bonds is 9. The molecule has 3 N–H and O–H groups in total. The van der Waals surface area contributed by atoms with Crippen molar-refractivity contribution in [1.82, 2.24) is 9.62 Å². The molecular formula is C26H36N2O6S. The van der Waals surface area contributed by atoms with Crippen LogP contribution >= 0.6 is 10.8 Å². The molecule has 1 heterocycles. The molecule has 1 aliphatic heterocycles. The molecule has 9 heteroatoms. The Hall–Kier alpha value is -2.59. The average Bonchev–Trinajstić information content (AvgIpc) is 2.91. The van der Waals surface area contributed by atoms with Gasteiger partial charge in [0.2, 0.25) is 5.91 Å². The SMILES string of the molecule is CCOC(=O)CC(CCC(=O)NC)c1ccc(C)c(CN2CC(C)Oc3ccccc3S2(O)O)c1. The third-order valence-corrected chi connectivity index (χ3v) is 8.13. The van der Waals surface area contributed by atoms with Crippen LogP contribution in [0.25, 0.3) is 0 Å². The van der Waals surface area contributed by atoms with Crippen molar-refractivity contribution in [2.75, 3.05) is 20.2 Å². The van der Waals surface area contributed by atoms with E-state index in [0.717, 1.165) is 16.7 Å². The smallest absolute Gasteiger partial charge is 0.306 e. The first kappa shape index (κ1) is 27.0. The first-order valence-electron chi connectivity index (χ1n) is 11.9. The number of nitrogens with one attached hydrogen (secondary N) is 1. The van der Waals surface area contributed by atoms with E-state index in [2.05, 4.69) is 5.32 Å². The van der Waals surface area contributed by atoms with Crippen molar-refractivity contribution >= 4 is 22.7 Å². The lowest BCUT2D eigenvalue weighted by atomic mass is 9.89. The predicted molar refractivity (Wildman–Crippen MR) is 137 cm³/mol. The van der Waals surface area contributed by atoms with Crippen molar-refractivity contribution in [1.29, 1.82) is 0 Å². The predicted octanol–water partition coefficient (Wildman–Crippen LogP) is 4.87. The highest BCUT2D eigenvalue weighted by Crippen LogP contribution is 2.57. The number of esters is 1. The Balaban J connectivity index is 1.90. The Kier molecular flexibility index (Phi) is 9.18. The molecule has 35 heavy (non-hydrogen) atoms. The summed E-state index contributed by atoms with van der Waals surface area (Å²) < 4.78 is 35.3. The summed E-state index contributed by atoms with van der Waals surface area (Å²) in [4.78, 5) is 24.5. The number of fused-ring (bicyclic) bond motifs is 1. The minimum Gasteiger partial charge on any atom is -0.487 e.